The number of thiol groups is 1. The highest BCUT2D eigenvalue weighted by molar-refractivity contribution is 7.97. The molecule has 10 heavy (non-hydrogen) atoms. The van der Waals surface area contributed by atoms with Crippen molar-refractivity contribution < 1.29 is 0 Å². The van der Waals surface area contributed by atoms with E-state index in [0.717, 1.165) is 10.6 Å². The normalized spacial score (nSPS) is 9.80. The Morgan fingerprint density at radius 2 is 2.10 bits per heavy atom. The monoisotopic (exact) mass is 170 g/mol. The maximum atomic E-state index is 4.32. The maximum Gasteiger partial charge on any atom is 0.0192 e. The van der Waals surface area contributed by atoms with Gasteiger partial charge >= 0.3 is 0 Å². The summed E-state index contributed by atoms with van der Waals surface area (Å²) < 4.78 is 0. The second-order valence-electron chi connectivity index (χ2n) is 2.06. The summed E-state index contributed by atoms with van der Waals surface area (Å²) >= 11 is 6.14. The van der Waals surface area contributed by atoms with Crippen LogP contribution >= 0.6 is 24.4 Å². The molecule has 0 spiro atoms. The van der Waals surface area contributed by atoms with Gasteiger partial charge in [0.1, 0.15) is 0 Å². The Morgan fingerprint density at radius 1 is 1.40 bits per heavy atom. The van der Waals surface area contributed by atoms with E-state index in [1.165, 1.54) is 5.56 Å². The van der Waals surface area contributed by atoms with Gasteiger partial charge in [-0.05, 0) is 17.9 Å². The summed E-state index contributed by atoms with van der Waals surface area (Å²) in [4.78, 5) is 1.09. The highest BCUT2D eigenvalue weighted by atomic mass is 32.2. The van der Waals surface area contributed by atoms with Crippen LogP contribution in [0.2, 0.25) is 0 Å². The minimum atomic E-state index is 1.06. The fourth-order valence-electron chi connectivity index (χ4n) is 0.788. The Balaban J connectivity index is 2.81. The van der Waals surface area contributed by atoms with Gasteiger partial charge in [-0.2, -0.15) is 11.8 Å². The van der Waals surface area contributed by atoms with Gasteiger partial charge in [-0.1, -0.05) is 18.2 Å². The summed E-state index contributed by atoms with van der Waals surface area (Å²) in [5, 5.41) is 0. The van der Waals surface area contributed by atoms with Gasteiger partial charge < -0.3 is 0 Å². The Bertz CT molecular complexity index is 208. The first-order chi connectivity index (χ1) is 4.84. The van der Waals surface area contributed by atoms with Crippen LogP contribution in [0.4, 0.5) is 0 Å². The predicted octanol–water partition coefficient (Wildman–Crippen LogP) is 2.84. The van der Waals surface area contributed by atoms with Crippen LogP contribution in [0, 0.1) is 0 Å². The molecule has 0 saturated carbocycles. The molecule has 1 aromatic carbocycles. The molecule has 0 amide bonds. The molecule has 54 valence electrons. The van der Waals surface area contributed by atoms with E-state index in [-0.39, 0.29) is 0 Å². The van der Waals surface area contributed by atoms with Gasteiger partial charge in [0.2, 0.25) is 0 Å². The number of benzene rings is 1. The van der Waals surface area contributed by atoms with Crippen LogP contribution in [0.5, 0.6) is 0 Å². The minimum Gasteiger partial charge on any atom is -0.161 e. The van der Waals surface area contributed by atoms with Gasteiger partial charge in [0, 0.05) is 10.6 Å². The van der Waals surface area contributed by atoms with Gasteiger partial charge in [0.15, 0.2) is 0 Å². The lowest BCUT2D eigenvalue weighted by Gasteiger charge is -2.00. The highest BCUT2D eigenvalue weighted by Gasteiger charge is 1.93. The van der Waals surface area contributed by atoms with E-state index >= 15 is 0 Å². The second kappa shape index (κ2) is 3.94. The molecule has 2 heteroatoms. The molecule has 0 aliphatic carbocycles. The molecule has 0 nitrogen and oxygen atoms in total. The Kier molecular flexibility index (Phi) is 3.16. The van der Waals surface area contributed by atoms with Gasteiger partial charge in [-0.15, -0.1) is 12.6 Å². The topological polar surface area (TPSA) is 0 Å². The highest BCUT2D eigenvalue weighted by Crippen LogP contribution is 2.17. The van der Waals surface area contributed by atoms with E-state index in [2.05, 4.69) is 25.0 Å². The van der Waals surface area contributed by atoms with Crippen LogP contribution in [-0.2, 0) is 5.75 Å². The molecular weight excluding hydrogens is 160 g/mol. The lowest BCUT2D eigenvalue weighted by molar-refractivity contribution is 1.28. The Hall–Kier alpha value is -0.0800. The maximum absolute atomic E-state index is 4.32. The standard InChI is InChI=1S/C8H10S2/c1-10-6-7-4-2-3-5-8(7)9/h2-5,9H,6H2,1H3. The Labute approximate surface area is 71.4 Å². The van der Waals surface area contributed by atoms with E-state index in [4.69, 9.17) is 0 Å². The summed E-state index contributed by atoms with van der Waals surface area (Å²) in [5.74, 6) is 1.06. The third-order valence-corrected chi connectivity index (χ3v) is 2.33. The van der Waals surface area contributed by atoms with Crippen molar-refractivity contribution in [1.82, 2.24) is 0 Å². The quantitative estimate of drug-likeness (QED) is 0.666. The van der Waals surface area contributed by atoms with Gasteiger partial charge in [-0.3, -0.25) is 0 Å². The van der Waals surface area contributed by atoms with Crippen LogP contribution in [0.3, 0.4) is 0 Å². The van der Waals surface area contributed by atoms with E-state index in [1.807, 2.05) is 30.0 Å². The van der Waals surface area contributed by atoms with Crippen LogP contribution in [0.25, 0.3) is 0 Å². The molecule has 0 radical (unpaired) electrons. The summed E-state index contributed by atoms with van der Waals surface area (Å²) in [7, 11) is 0. The van der Waals surface area contributed by atoms with Crippen LogP contribution in [0.1, 0.15) is 5.56 Å². The molecule has 0 saturated heterocycles. The molecule has 0 heterocycles. The van der Waals surface area contributed by atoms with Crippen LogP contribution < -0.4 is 0 Å². The van der Waals surface area contributed by atoms with Crippen molar-refractivity contribution in [1.29, 1.82) is 0 Å². The number of rotatable bonds is 2. The number of hydrogen-bond donors (Lipinski definition) is 1. The molecule has 1 rings (SSSR count). The summed E-state index contributed by atoms with van der Waals surface area (Å²) in [6.45, 7) is 0. The Morgan fingerprint density at radius 3 is 2.70 bits per heavy atom. The van der Waals surface area contributed by atoms with Crippen LogP contribution in [0.15, 0.2) is 29.2 Å². The van der Waals surface area contributed by atoms with Crippen molar-refractivity contribution in [3.8, 4) is 0 Å². The number of thioether (sulfide) groups is 1. The van der Waals surface area contributed by atoms with Crippen molar-refractivity contribution >= 4 is 24.4 Å². The minimum absolute atomic E-state index is 1.06. The molecule has 0 unspecified atom stereocenters. The van der Waals surface area contributed by atoms with E-state index < -0.39 is 0 Å². The average molecular weight is 170 g/mol. The zero-order valence-corrected chi connectivity index (χ0v) is 7.58. The van der Waals surface area contributed by atoms with Crippen molar-refractivity contribution in [3.63, 3.8) is 0 Å². The van der Waals surface area contributed by atoms with E-state index in [0.29, 0.717) is 0 Å². The van der Waals surface area contributed by atoms with Crippen molar-refractivity contribution in [2.75, 3.05) is 6.26 Å². The van der Waals surface area contributed by atoms with E-state index in [9.17, 15) is 0 Å². The molecule has 0 atom stereocenters. The van der Waals surface area contributed by atoms with Crippen LogP contribution in [-0.4, -0.2) is 6.26 Å². The molecule has 1 aromatic rings. The second-order valence-corrected chi connectivity index (χ2v) is 3.41. The molecular formula is C8H10S2. The van der Waals surface area contributed by atoms with Crippen molar-refractivity contribution in [3.05, 3.63) is 29.8 Å². The number of hydrogen-bond acceptors (Lipinski definition) is 2. The molecule has 0 aliphatic heterocycles. The average Bonchev–Trinajstić information content (AvgIpc) is 1.94. The van der Waals surface area contributed by atoms with Crippen molar-refractivity contribution in [2.24, 2.45) is 0 Å². The van der Waals surface area contributed by atoms with Gasteiger partial charge in [0.25, 0.3) is 0 Å². The molecule has 0 aromatic heterocycles. The van der Waals surface area contributed by atoms with Gasteiger partial charge in [-0.25, -0.2) is 0 Å². The first-order valence-electron chi connectivity index (χ1n) is 3.10. The first kappa shape index (κ1) is 8.02. The molecule has 0 bridgehead atoms. The molecule has 0 aliphatic rings. The molecule has 0 N–H and O–H groups in total. The lowest BCUT2D eigenvalue weighted by atomic mass is 10.2. The predicted molar refractivity (Wildman–Crippen MR) is 50.9 cm³/mol. The summed E-state index contributed by atoms with van der Waals surface area (Å²) in [6.07, 6.45) is 2.10. The summed E-state index contributed by atoms with van der Waals surface area (Å²) in [6, 6.07) is 8.19. The fraction of sp³-hybridized carbons (Fsp3) is 0.250. The third-order valence-electron chi connectivity index (χ3n) is 1.29. The largest absolute Gasteiger partial charge is 0.161 e. The van der Waals surface area contributed by atoms with Gasteiger partial charge in [0.05, 0.1) is 0 Å². The smallest absolute Gasteiger partial charge is 0.0192 e. The fourth-order valence-corrected chi connectivity index (χ4v) is 1.70. The lowest BCUT2D eigenvalue weighted by Crippen LogP contribution is -1.80. The first-order valence-corrected chi connectivity index (χ1v) is 4.94. The zero-order valence-electron chi connectivity index (χ0n) is 5.87. The van der Waals surface area contributed by atoms with E-state index in [1.54, 1.807) is 0 Å². The SMILES string of the molecule is CSCc1ccccc1S. The van der Waals surface area contributed by atoms with Crippen molar-refractivity contribution in [2.45, 2.75) is 10.6 Å². The third kappa shape index (κ3) is 1.96. The molecule has 0 fully saturated rings. The summed E-state index contributed by atoms with van der Waals surface area (Å²) in [5.41, 5.74) is 1.32. The zero-order chi connectivity index (χ0) is 7.40.